The van der Waals surface area contributed by atoms with Gasteiger partial charge in [0.15, 0.2) is 0 Å². The topological polar surface area (TPSA) is 171 Å². The maximum Gasteiger partial charge on any atom is 0.325 e. The fraction of sp³-hybridized carbons (Fsp3) is 0.733. The summed E-state index contributed by atoms with van der Waals surface area (Å²) in [6.07, 6.45) is -1.27. The third-order valence-corrected chi connectivity index (χ3v) is 3.56. The van der Waals surface area contributed by atoms with E-state index < -0.39 is 54.0 Å². The summed E-state index contributed by atoms with van der Waals surface area (Å²) in [6.45, 7) is 7.43. The van der Waals surface area contributed by atoms with Crippen molar-refractivity contribution in [1.82, 2.24) is 16.0 Å². The van der Waals surface area contributed by atoms with Crippen molar-refractivity contribution in [3.05, 3.63) is 0 Å². The summed E-state index contributed by atoms with van der Waals surface area (Å²) in [5.74, 6) is -3.46. The summed E-state index contributed by atoms with van der Waals surface area (Å²) in [6, 6.07) is -4.34. The minimum absolute atomic E-state index is 0.122. The largest absolute Gasteiger partial charge is 0.480 e. The van der Waals surface area contributed by atoms with Gasteiger partial charge in [0.1, 0.15) is 18.1 Å². The maximum absolute atomic E-state index is 12.1. The Balaban J connectivity index is 4.86. The van der Waals surface area contributed by atoms with E-state index in [1.807, 2.05) is 0 Å². The van der Waals surface area contributed by atoms with E-state index in [0.717, 1.165) is 0 Å². The number of aliphatic hydroxyl groups excluding tert-OH is 1. The molecule has 0 saturated heterocycles. The first-order valence-corrected chi connectivity index (χ1v) is 7.96. The third-order valence-electron chi connectivity index (χ3n) is 3.56. The van der Waals surface area contributed by atoms with Gasteiger partial charge in [0, 0.05) is 0 Å². The van der Waals surface area contributed by atoms with Crippen LogP contribution in [0.25, 0.3) is 0 Å². The summed E-state index contributed by atoms with van der Waals surface area (Å²) in [5.41, 5.74) is 5.69. The van der Waals surface area contributed by atoms with Gasteiger partial charge in [-0.1, -0.05) is 13.8 Å². The SMILES string of the molecule is CC(C)[C@H](N)C(=O)N[C@@H](C)C(=O)N[C@H](C(=O)N[C@@H](C)C(=O)O)[C@@H](C)O. The monoisotopic (exact) mass is 360 g/mol. The van der Waals surface area contributed by atoms with Gasteiger partial charge in [0.25, 0.3) is 0 Å². The quantitative estimate of drug-likeness (QED) is 0.274. The first kappa shape index (κ1) is 22.8. The molecule has 10 heteroatoms. The van der Waals surface area contributed by atoms with Gasteiger partial charge >= 0.3 is 5.97 Å². The van der Waals surface area contributed by atoms with Crippen molar-refractivity contribution < 1.29 is 29.4 Å². The van der Waals surface area contributed by atoms with Gasteiger partial charge in [0.05, 0.1) is 12.1 Å². The molecule has 7 N–H and O–H groups in total. The first-order chi connectivity index (χ1) is 11.4. The van der Waals surface area contributed by atoms with Gasteiger partial charge < -0.3 is 31.9 Å². The molecule has 10 nitrogen and oxygen atoms in total. The van der Waals surface area contributed by atoms with Gasteiger partial charge in [0.2, 0.25) is 17.7 Å². The molecule has 144 valence electrons. The Kier molecular flexibility index (Phi) is 9.07. The molecule has 0 saturated carbocycles. The summed E-state index contributed by atoms with van der Waals surface area (Å²) in [7, 11) is 0. The highest BCUT2D eigenvalue weighted by Crippen LogP contribution is 2.00. The zero-order valence-electron chi connectivity index (χ0n) is 15.1. The molecule has 0 aromatic carbocycles. The van der Waals surface area contributed by atoms with E-state index in [-0.39, 0.29) is 5.92 Å². The molecule has 3 amide bonds. The van der Waals surface area contributed by atoms with Crippen molar-refractivity contribution in [2.24, 2.45) is 11.7 Å². The Morgan fingerprint density at radius 3 is 1.68 bits per heavy atom. The number of amides is 3. The van der Waals surface area contributed by atoms with Crippen molar-refractivity contribution in [2.45, 2.75) is 64.9 Å². The van der Waals surface area contributed by atoms with Crippen LogP contribution in [0.2, 0.25) is 0 Å². The van der Waals surface area contributed by atoms with E-state index in [2.05, 4.69) is 16.0 Å². The number of carbonyl (C=O) groups is 4. The highest BCUT2D eigenvalue weighted by molar-refractivity contribution is 5.94. The lowest BCUT2D eigenvalue weighted by Crippen LogP contribution is -2.59. The number of carbonyl (C=O) groups excluding carboxylic acids is 3. The molecule has 0 spiro atoms. The minimum atomic E-state index is -1.37. The lowest BCUT2D eigenvalue weighted by atomic mass is 10.0. The molecule has 0 aromatic heterocycles. The maximum atomic E-state index is 12.1. The highest BCUT2D eigenvalue weighted by Gasteiger charge is 2.30. The third kappa shape index (κ3) is 7.48. The Labute approximate surface area is 146 Å². The van der Waals surface area contributed by atoms with Gasteiger partial charge in [-0.2, -0.15) is 0 Å². The van der Waals surface area contributed by atoms with Crippen LogP contribution in [-0.4, -0.2) is 64.2 Å². The van der Waals surface area contributed by atoms with Gasteiger partial charge in [-0.25, -0.2) is 0 Å². The van der Waals surface area contributed by atoms with E-state index in [9.17, 15) is 24.3 Å². The molecular weight excluding hydrogens is 332 g/mol. The number of carboxylic acid groups (broad SMARTS) is 1. The Morgan fingerprint density at radius 2 is 1.28 bits per heavy atom. The number of carboxylic acids is 1. The van der Waals surface area contributed by atoms with Gasteiger partial charge in [-0.3, -0.25) is 19.2 Å². The molecule has 0 heterocycles. The number of aliphatic hydroxyl groups is 1. The fourth-order valence-electron chi connectivity index (χ4n) is 1.73. The van der Waals surface area contributed by atoms with Crippen LogP contribution in [0.1, 0.15) is 34.6 Å². The van der Waals surface area contributed by atoms with E-state index in [0.29, 0.717) is 0 Å². The molecule has 0 aliphatic heterocycles. The molecule has 0 unspecified atom stereocenters. The zero-order chi connectivity index (χ0) is 19.9. The van der Waals surface area contributed by atoms with Crippen LogP contribution in [0.4, 0.5) is 0 Å². The van der Waals surface area contributed by atoms with Crippen LogP contribution in [0.5, 0.6) is 0 Å². The minimum Gasteiger partial charge on any atom is -0.480 e. The number of hydrogen-bond donors (Lipinski definition) is 6. The van der Waals surface area contributed by atoms with Crippen LogP contribution in [-0.2, 0) is 19.2 Å². The van der Waals surface area contributed by atoms with Gasteiger partial charge in [-0.05, 0) is 26.7 Å². The van der Waals surface area contributed by atoms with E-state index in [1.54, 1.807) is 13.8 Å². The van der Waals surface area contributed by atoms with Crippen LogP contribution in [0, 0.1) is 5.92 Å². The Morgan fingerprint density at radius 1 is 0.800 bits per heavy atom. The summed E-state index contributed by atoms with van der Waals surface area (Å²) >= 11 is 0. The number of nitrogens with one attached hydrogen (secondary N) is 3. The van der Waals surface area contributed by atoms with Crippen LogP contribution < -0.4 is 21.7 Å². The molecule has 0 aliphatic rings. The lowest BCUT2D eigenvalue weighted by molar-refractivity contribution is -0.142. The lowest BCUT2D eigenvalue weighted by Gasteiger charge is -2.25. The molecule has 0 rings (SSSR count). The van der Waals surface area contributed by atoms with Crippen LogP contribution in [0.3, 0.4) is 0 Å². The molecule has 5 atom stereocenters. The van der Waals surface area contributed by atoms with Crippen molar-refractivity contribution in [2.75, 3.05) is 0 Å². The fourth-order valence-corrected chi connectivity index (χ4v) is 1.73. The summed E-state index contributed by atoms with van der Waals surface area (Å²) in [4.78, 5) is 46.8. The summed E-state index contributed by atoms with van der Waals surface area (Å²) in [5, 5.41) is 25.3. The molecule has 25 heavy (non-hydrogen) atoms. The van der Waals surface area contributed by atoms with E-state index in [4.69, 9.17) is 10.8 Å². The van der Waals surface area contributed by atoms with Crippen LogP contribution >= 0.6 is 0 Å². The number of aliphatic carboxylic acids is 1. The van der Waals surface area contributed by atoms with Crippen LogP contribution in [0.15, 0.2) is 0 Å². The number of rotatable bonds is 9. The Bertz CT molecular complexity index is 508. The second-order valence-electron chi connectivity index (χ2n) is 6.30. The van der Waals surface area contributed by atoms with Crippen molar-refractivity contribution in [3.8, 4) is 0 Å². The number of nitrogens with two attached hydrogens (primary N) is 1. The average Bonchev–Trinajstić information content (AvgIpc) is 2.50. The second-order valence-corrected chi connectivity index (χ2v) is 6.30. The predicted octanol–water partition coefficient (Wildman–Crippen LogP) is -2.07. The standard InChI is InChI=1S/C15H28N4O6/c1-6(2)10(16)13(22)17-7(3)12(21)19-11(9(5)20)14(23)18-8(4)15(24)25/h6-11,20H,16H2,1-5H3,(H,17,22)(H,18,23)(H,19,21)(H,24,25)/t7-,8-,9+,10-,11-/m0/s1. The second kappa shape index (κ2) is 9.94. The molecule has 0 aromatic rings. The Hall–Kier alpha value is -2.20. The average molecular weight is 360 g/mol. The molecular formula is C15H28N4O6. The molecule has 0 aliphatic carbocycles. The van der Waals surface area contributed by atoms with Crippen molar-refractivity contribution >= 4 is 23.7 Å². The smallest absolute Gasteiger partial charge is 0.325 e. The zero-order valence-corrected chi connectivity index (χ0v) is 15.1. The molecule has 0 fully saturated rings. The van der Waals surface area contributed by atoms with Crippen molar-refractivity contribution in [3.63, 3.8) is 0 Å². The molecule has 0 radical (unpaired) electrons. The molecule has 0 bridgehead atoms. The predicted molar refractivity (Wildman–Crippen MR) is 89.3 cm³/mol. The van der Waals surface area contributed by atoms with Gasteiger partial charge in [-0.15, -0.1) is 0 Å². The first-order valence-electron chi connectivity index (χ1n) is 7.96. The normalized spacial score (nSPS) is 17.0. The van der Waals surface area contributed by atoms with Crippen molar-refractivity contribution in [1.29, 1.82) is 0 Å². The highest BCUT2D eigenvalue weighted by atomic mass is 16.4. The number of hydrogen-bond acceptors (Lipinski definition) is 6. The van der Waals surface area contributed by atoms with E-state index >= 15 is 0 Å². The summed E-state index contributed by atoms with van der Waals surface area (Å²) < 4.78 is 0. The van der Waals surface area contributed by atoms with E-state index in [1.165, 1.54) is 20.8 Å².